The van der Waals surface area contributed by atoms with Gasteiger partial charge < -0.3 is 0 Å². The Morgan fingerprint density at radius 2 is 0.875 bits per heavy atom. The summed E-state index contributed by atoms with van der Waals surface area (Å²) in [6.45, 7) is 40.7. The van der Waals surface area contributed by atoms with Gasteiger partial charge in [-0.25, -0.2) is 0 Å². The zero-order valence-electron chi connectivity index (χ0n) is 28.2. The van der Waals surface area contributed by atoms with Gasteiger partial charge in [-0.05, 0) is 0 Å². The monoisotopic (exact) mass is 675 g/mol. The number of hydrogen-bond acceptors (Lipinski definition) is 2. The van der Waals surface area contributed by atoms with Crippen molar-refractivity contribution < 1.29 is 0 Å². The maximum absolute atomic E-state index is 14.4. The van der Waals surface area contributed by atoms with Crippen molar-refractivity contribution in [2.75, 3.05) is 0 Å². The molecule has 1 aromatic carbocycles. The molecule has 0 aliphatic carbocycles. The maximum atomic E-state index is 14.4. The van der Waals surface area contributed by atoms with Crippen molar-refractivity contribution in [2.45, 2.75) is 125 Å². The fourth-order valence-electron chi connectivity index (χ4n) is 10.4. The molecule has 0 amide bonds. The Kier molecular flexibility index (Phi) is 7.26. The Labute approximate surface area is 249 Å². The number of nitrogens with zero attached hydrogens (tertiary/aromatic N) is 3. The summed E-state index contributed by atoms with van der Waals surface area (Å²) < 4.78 is 10.2. The van der Waals surface area contributed by atoms with Gasteiger partial charge in [-0.2, -0.15) is 0 Å². The number of allylic oxidation sites excluding steroid dienone is 2. The second kappa shape index (κ2) is 9.06. The van der Waals surface area contributed by atoms with Gasteiger partial charge in [-0.1, -0.05) is 0 Å². The van der Waals surface area contributed by atoms with Gasteiger partial charge in [-0.15, -0.1) is 0 Å². The molecule has 4 rings (SSSR count). The first-order chi connectivity index (χ1) is 17.8. The van der Waals surface area contributed by atoms with E-state index in [0.29, 0.717) is 5.69 Å². The van der Waals surface area contributed by atoms with Crippen LogP contribution in [-0.2, 0) is 11.1 Å². The predicted molar refractivity (Wildman–Crippen MR) is 187 cm³/mol. The zero-order chi connectivity index (χ0) is 30.8. The summed E-state index contributed by atoms with van der Waals surface area (Å²) in [5, 5.41) is 0. The predicted octanol–water partition coefficient (Wildman–Crippen LogP) is 7.37. The molecule has 2 aliphatic rings. The number of aromatic nitrogens is 3. The van der Waals surface area contributed by atoms with E-state index in [4.69, 9.17) is 0 Å². The molecule has 0 N–H and O–H groups in total. The average Bonchev–Trinajstić information content (AvgIpc) is 3.28. The Morgan fingerprint density at radius 3 is 1.15 bits per heavy atom. The van der Waals surface area contributed by atoms with Crippen LogP contribution in [0.25, 0.3) is 5.69 Å². The van der Waals surface area contributed by atoms with E-state index in [9.17, 15) is 9.59 Å². The fraction of sp³-hybridized carbons (Fsp3) is 0.667. The van der Waals surface area contributed by atoms with Crippen molar-refractivity contribution >= 4 is 45.6 Å². The van der Waals surface area contributed by atoms with Gasteiger partial charge >= 0.3 is 251 Å². The number of benzene rings is 1. The van der Waals surface area contributed by atoms with E-state index >= 15 is 0 Å². The van der Waals surface area contributed by atoms with Gasteiger partial charge in [0, 0.05) is 0 Å². The van der Waals surface area contributed by atoms with Gasteiger partial charge in [0.1, 0.15) is 0 Å². The van der Waals surface area contributed by atoms with E-state index in [1.165, 1.54) is 4.57 Å². The summed E-state index contributed by atoms with van der Waals surface area (Å²) in [5.41, 5.74) is -0.746. The van der Waals surface area contributed by atoms with Gasteiger partial charge in [0.05, 0.1) is 0 Å². The molecule has 10 heteroatoms. The van der Waals surface area contributed by atoms with E-state index in [2.05, 4.69) is 106 Å². The van der Waals surface area contributed by atoms with Crippen LogP contribution in [-0.4, -0.2) is 59.5 Å². The van der Waals surface area contributed by atoms with Gasteiger partial charge in [0.2, 0.25) is 0 Å². The number of hydrogen-bond donors (Lipinski definition) is 0. The normalized spacial score (nSPS) is 20.1. The van der Waals surface area contributed by atoms with Crippen LogP contribution in [0.3, 0.4) is 0 Å². The minimum absolute atomic E-state index is 0.195. The van der Waals surface area contributed by atoms with E-state index in [1.807, 2.05) is 39.7 Å². The Hall–Kier alpha value is -0.890. The van der Waals surface area contributed by atoms with E-state index < -0.39 is 56.6 Å². The zero-order valence-corrected chi connectivity index (χ0v) is 34.3. The summed E-state index contributed by atoms with van der Waals surface area (Å²) in [7, 11) is -6.54. The van der Waals surface area contributed by atoms with Crippen LogP contribution in [0.15, 0.2) is 48.7 Å². The summed E-state index contributed by atoms with van der Waals surface area (Å²) in [4.78, 5) is 28.8. The summed E-state index contributed by atoms with van der Waals surface area (Å²) in [6.07, 6.45) is 0. The minimum atomic E-state index is -3.06. The molecule has 40 heavy (non-hydrogen) atoms. The first-order valence-electron chi connectivity index (χ1n) is 15.1. The van der Waals surface area contributed by atoms with Gasteiger partial charge in [0.25, 0.3) is 0 Å². The molecule has 0 saturated carbocycles. The van der Waals surface area contributed by atoms with Crippen LogP contribution in [0.1, 0.15) is 27.7 Å². The van der Waals surface area contributed by atoms with E-state index in [1.54, 1.807) is 8.81 Å². The second-order valence-electron chi connectivity index (χ2n) is 17.9. The molecule has 5 nitrogen and oxygen atoms in total. The van der Waals surface area contributed by atoms with Crippen LogP contribution in [0.5, 0.6) is 0 Å². The topological polar surface area (TPSA) is 48.9 Å². The number of rotatable bonds is 7. The van der Waals surface area contributed by atoms with Crippen molar-refractivity contribution in [2.24, 2.45) is 0 Å². The third kappa shape index (κ3) is 4.38. The van der Waals surface area contributed by atoms with Gasteiger partial charge in [-0.3, -0.25) is 0 Å². The molecule has 0 unspecified atom stereocenters. The van der Waals surface area contributed by atoms with Crippen LogP contribution in [0.4, 0.5) is 0 Å². The third-order valence-corrected chi connectivity index (χ3v) is 68.6. The van der Waals surface area contributed by atoms with Crippen LogP contribution in [0, 0.1) is 0 Å². The summed E-state index contributed by atoms with van der Waals surface area (Å²) in [6, 6.07) is 9.48. The molecule has 0 spiro atoms. The standard InChI is InChI=1S/C30H55GeN3O2Si4/c1-29(2)23-24(30(3,4)34-28(36)32(27(35)33(29)34)22-20-18-17-19-21-22)31(23,25(37(5,6)7)38(8,9)10)26(39(11,12)13)40(14,15)16/h17-21,25-26H,1-16H3. The SMILES string of the molecule is CC1(C)[C]2=[C](C(C)(C)n3c(=O)n(-c4ccccc4)c(=O)n31)[Ge]2([CH]([Si](C)(C)C)[Si](C)(C)C)[CH]([Si](C)(C)C)[Si](C)(C)C. The van der Waals surface area contributed by atoms with Crippen LogP contribution >= 0.6 is 0 Å². The van der Waals surface area contributed by atoms with Crippen molar-refractivity contribution in [3.63, 3.8) is 0 Å². The molecule has 1 aromatic heterocycles. The first-order valence-corrected chi connectivity index (χ1v) is 33.9. The molecule has 0 saturated heterocycles. The molecule has 0 atom stereocenters. The first kappa shape index (κ1) is 32.0. The second-order valence-corrected chi connectivity index (χ2v) is 53.3. The molecule has 222 valence electrons. The Bertz CT molecular complexity index is 1370. The Balaban J connectivity index is 2.16. The van der Waals surface area contributed by atoms with E-state index in [0.717, 1.165) is 7.99 Å². The number of para-hydroxylation sites is 1. The number of fused-ring (bicyclic) bond motifs is 1. The van der Waals surface area contributed by atoms with Crippen molar-refractivity contribution in [1.29, 1.82) is 0 Å². The van der Waals surface area contributed by atoms with Crippen LogP contribution < -0.4 is 11.4 Å². The van der Waals surface area contributed by atoms with Crippen molar-refractivity contribution in [1.82, 2.24) is 13.9 Å². The van der Waals surface area contributed by atoms with Crippen molar-refractivity contribution in [3.8, 4) is 5.69 Å². The van der Waals surface area contributed by atoms with Crippen LogP contribution in [0.2, 0.25) is 86.6 Å². The Morgan fingerprint density at radius 1 is 0.575 bits per heavy atom. The molecular weight excluding hydrogens is 619 g/mol. The quantitative estimate of drug-likeness (QED) is 0.288. The molecule has 3 heterocycles. The van der Waals surface area contributed by atoms with Gasteiger partial charge in [0.15, 0.2) is 0 Å². The fourth-order valence-corrected chi connectivity index (χ4v) is 96.0. The van der Waals surface area contributed by atoms with Crippen molar-refractivity contribution in [3.05, 3.63) is 60.1 Å². The summed E-state index contributed by atoms with van der Waals surface area (Å²) >= 11 is -3.06. The molecule has 0 bridgehead atoms. The molecule has 0 fully saturated rings. The molecule has 0 radical (unpaired) electrons. The average molecular weight is 675 g/mol. The molecular formula is C30H55GeN3O2Si4. The molecule has 2 aromatic rings. The third-order valence-electron chi connectivity index (χ3n) is 9.63. The molecule has 2 aliphatic heterocycles. The summed E-state index contributed by atoms with van der Waals surface area (Å²) in [5.74, 6) is 0. The van der Waals surface area contributed by atoms with E-state index in [-0.39, 0.29) is 11.4 Å².